The minimum Gasteiger partial charge on any atom is -0.345 e. The Labute approximate surface area is 179 Å². The van der Waals surface area contributed by atoms with E-state index in [-0.39, 0.29) is 23.8 Å². The number of carbonyl (C=O) groups excluding carboxylic acids is 2. The van der Waals surface area contributed by atoms with Gasteiger partial charge in [-0.2, -0.15) is 0 Å². The number of hydrogen-bond acceptors (Lipinski definition) is 4. The molecule has 1 aliphatic heterocycles. The number of H-pyrrole nitrogens is 1. The molecule has 0 saturated carbocycles. The van der Waals surface area contributed by atoms with Crippen molar-refractivity contribution in [1.82, 2.24) is 20.2 Å². The van der Waals surface area contributed by atoms with Crippen molar-refractivity contribution < 1.29 is 9.59 Å². The van der Waals surface area contributed by atoms with Crippen LogP contribution in [0.15, 0.2) is 36.5 Å². The monoisotopic (exact) mass is 410 g/mol. The van der Waals surface area contributed by atoms with Crippen molar-refractivity contribution in [3.63, 3.8) is 0 Å². The van der Waals surface area contributed by atoms with E-state index in [2.05, 4.69) is 20.2 Å². The molecule has 6 heteroatoms. The van der Waals surface area contributed by atoms with Crippen LogP contribution >= 0.6 is 0 Å². The minimum absolute atomic E-state index is 0.0671. The zero-order chi connectivity index (χ0) is 21.3. The van der Waals surface area contributed by atoms with E-state index in [1.807, 2.05) is 43.6 Å². The first-order valence-electron chi connectivity index (χ1n) is 11.1. The number of hydrogen-bond donors (Lipinski definition) is 2. The van der Waals surface area contributed by atoms with Gasteiger partial charge in [0.2, 0.25) is 5.91 Å². The molecular formula is C24H34N4O2. The number of carbonyl (C=O) groups is 2. The molecule has 2 aromatic rings. The summed E-state index contributed by atoms with van der Waals surface area (Å²) in [5, 5.41) is 3.26. The van der Waals surface area contributed by atoms with E-state index >= 15 is 0 Å². The summed E-state index contributed by atoms with van der Waals surface area (Å²) in [6.07, 6.45) is 9.24. The average Bonchev–Trinajstić information content (AvgIpc) is 3.23. The Morgan fingerprint density at radius 3 is 2.73 bits per heavy atom. The van der Waals surface area contributed by atoms with Gasteiger partial charge in [-0.1, -0.05) is 49.6 Å². The molecule has 6 nitrogen and oxygen atoms in total. The van der Waals surface area contributed by atoms with Crippen LogP contribution in [0.4, 0.5) is 0 Å². The van der Waals surface area contributed by atoms with Gasteiger partial charge in [0.05, 0.1) is 24.0 Å². The van der Waals surface area contributed by atoms with Crippen molar-refractivity contribution in [2.24, 2.45) is 0 Å². The number of imidazole rings is 1. The Hall–Kier alpha value is -2.47. The third-order valence-electron chi connectivity index (χ3n) is 5.92. The molecule has 0 aliphatic carbocycles. The normalized spacial score (nSPS) is 18.1. The van der Waals surface area contributed by atoms with E-state index in [0.29, 0.717) is 6.42 Å². The van der Waals surface area contributed by atoms with Crippen molar-refractivity contribution in [2.45, 2.75) is 70.4 Å². The Balaban J connectivity index is 1.68. The van der Waals surface area contributed by atoms with Crippen LogP contribution < -0.4 is 5.32 Å². The largest absolute Gasteiger partial charge is 0.345 e. The maximum Gasteiger partial charge on any atom is 0.237 e. The van der Waals surface area contributed by atoms with Crippen LogP contribution in [0.3, 0.4) is 0 Å². The second-order valence-corrected chi connectivity index (χ2v) is 8.40. The van der Waals surface area contributed by atoms with Crippen molar-refractivity contribution in [3.8, 4) is 11.3 Å². The topological polar surface area (TPSA) is 78.1 Å². The summed E-state index contributed by atoms with van der Waals surface area (Å²) in [6.45, 7) is 2.60. The Bertz CT molecular complexity index is 818. The van der Waals surface area contributed by atoms with E-state index in [1.165, 1.54) is 0 Å². The first-order valence-corrected chi connectivity index (χ1v) is 11.1. The lowest BCUT2D eigenvalue weighted by molar-refractivity contribution is -0.128. The van der Waals surface area contributed by atoms with Gasteiger partial charge in [-0.15, -0.1) is 0 Å². The van der Waals surface area contributed by atoms with Gasteiger partial charge < -0.3 is 15.1 Å². The number of rotatable bonds is 10. The molecule has 2 heterocycles. The molecule has 30 heavy (non-hydrogen) atoms. The number of aromatic amines is 1. The molecule has 0 spiro atoms. The Morgan fingerprint density at radius 1 is 1.20 bits per heavy atom. The second kappa shape index (κ2) is 11.1. The average molecular weight is 411 g/mol. The smallest absolute Gasteiger partial charge is 0.237 e. The number of likely N-dealkylation sites (tertiary alicyclic amines) is 1. The molecule has 0 bridgehead atoms. The van der Waals surface area contributed by atoms with Gasteiger partial charge in [0.15, 0.2) is 0 Å². The number of nitrogens with one attached hydrogen (secondary N) is 2. The number of piperidine rings is 1. The summed E-state index contributed by atoms with van der Waals surface area (Å²) >= 11 is 0. The zero-order valence-corrected chi connectivity index (χ0v) is 18.2. The molecule has 1 aromatic heterocycles. The van der Waals surface area contributed by atoms with E-state index in [4.69, 9.17) is 0 Å². The van der Waals surface area contributed by atoms with Gasteiger partial charge >= 0.3 is 0 Å². The number of likely N-dealkylation sites (N-methyl/N-ethyl adjacent to an activating group) is 1. The van der Waals surface area contributed by atoms with Gasteiger partial charge in [-0.05, 0) is 51.8 Å². The predicted octanol–water partition coefficient (Wildman–Crippen LogP) is 4.26. The van der Waals surface area contributed by atoms with Crippen molar-refractivity contribution in [2.75, 3.05) is 13.6 Å². The highest BCUT2D eigenvalue weighted by Gasteiger charge is 2.28. The van der Waals surface area contributed by atoms with Crippen LogP contribution in [0.1, 0.15) is 70.2 Å². The molecule has 1 amide bonds. The zero-order valence-electron chi connectivity index (χ0n) is 18.2. The molecular weight excluding hydrogens is 376 g/mol. The lowest BCUT2D eigenvalue weighted by Crippen LogP contribution is -2.48. The maximum absolute atomic E-state index is 13.0. The molecule has 1 aromatic carbocycles. The number of unbranched alkanes of at least 4 members (excludes halogenated alkanes) is 2. The van der Waals surface area contributed by atoms with E-state index in [0.717, 1.165) is 68.6 Å². The SMILES string of the molecule is CC(=O)CCCCC[C@H](NC(=O)C1CCCCN1C)c1ncc(-c2ccccc2)[nH]1. The highest BCUT2D eigenvalue weighted by molar-refractivity contribution is 5.82. The molecule has 1 unspecified atom stereocenters. The molecule has 162 valence electrons. The van der Waals surface area contributed by atoms with Gasteiger partial charge in [-0.3, -0.25) is 9.69 Å². The number of Topliss-reactive ketones (excluding diaryl/α,β-unsaturated/α-hetero) is 1. The van der Waals surface area contributed by atoms with Crippen LogP contribution in [-0.2, 0) is 9.59 Å². The Morgan fingerprint density at radius 2 is 2.00 bits per heavy atom. The fourth-order valence-electron chi connectivity index (χ4n) is 4.13. The molecule has 2 atom stereocenters. The van der Waals surface area contributed by atoms with Crippen molar-refractivity contribution >= 4 is 11.7 Å². The lowest BCUT2D eigenvalue weighted by atomic mass is 10.0. The van der Waals surface area contributed by atoms with Crippen LogP contribution in [0, 0.1) is 0 Å². The van der Waals surface area contributed by atoms with Gasteiger partial charge in [0.1, 0.15) is 11.6 Å². The fraction of sp³-hybridized carbons (Fsp3) is 0.542. The van der Waals surface area contributed by atoms with E-state index < -0.39 is 0 Å². The summed E-state index contributed by atoms with van der Waals surface area (Å²) in [6, 6.07) is 9.87. The van der Waals surface area contributed by atoms with E-state index in [1.54, 1.807) is 6.92 Å². The molecule has 3 rings (SSSR count). The summed E-state index contributed by atoms with van der Waals surface area (Å²) in [5.41, 5.74) is 2.03. The van der Waals surface area contributed by atoms with Gasteiger partial charge in [0.25, 0.3) is 0 Å². The Kier molecular flexibility index (Phi) is 8.20. The number of aromatic nitrogens is 2. The highest BCUT2D eigenvalue weighted by atomic mass is 16.2. The van der Waals surface area contributed by atoms with Gasteiger partial charge in [0, 0.05) is 6.42 Å². The summed E-state index contributed by atoms with van der Waals surface area (Å²) in [5.74, 6) is 1.12. The number of amides is 1. The maximum atomic E-state index is 13.0. The predicted molar refractivity (Wildman–Crippen MR) is 119 cm³/mol. The van der Waals surface area contributed by atoms with E-state index in [9.17, 15) is 9.59 Å². The molecule has 1 fully saturated rings. The van der Waals surface area contributed by atoms with Gasteiger partial charge in [-0.25, -0.2) is 4.98 Å². The van der Waals surface area contributed by atoms with Crippen LogP contribution in [0.2, 0.25) is 0 Å². The molecule has 2 N–H and O–H groups in total. The second-order valence-electron chi connectivity index (χ2n) is 8.40. The van der Waals surface area contributed by atoms with Crippen molar-refractivity contribution in [3.05, 3.63) is 42.4 Å². The molecule has 0 radical (unpaired) electrons. The number of nitrogens with zero attached hydrogens (tertiary/aromatic N) is 2. The fourth-order valence-corrected chi connectivity index (χ4v) is 4.13. The number of ketones is 1. The summed E-state index contributed by atoms with van der Waals surface area (Å²) in [7, 11) is 2.03. The first-order chi connectivity index (χ1) is 14.5. The quantitative estimate of drug-likeness (QED) is 0.574. The highest BCUT2D eigenvalue weighted by Crippen LogP contribution is 2.24. The summed E-state index contributed by atoms with van der Waals surface area (Å²) in [4.78, 5) is 34.3. The minimum atomic E-state index is -0.150. The third-order valence-corrected chi connectivity index (χ3v) is 5.92. The number of benzene rings is 1. The van der Waals surface area contributed by atoms with Crippen molar-refractivity contribution in [1.29, 1.82) is 0 Å². The van der Waals surface area contributed by atoms with Crippen LogP contribution in [-0.4, -0.2) is 46.2 Å². The van der Waals surface area contributed by atoms with Crippen LogP contribution in [0.5, 0.6) is 0 Å². The van der Waals surface area contributed by atoms with Crippen LogP contribution in [0.25, 0.3) is 11.3 Å². The first kappa shape index (κ1) is 22.2. The third kappa shape index (κ3) is 6.26. The molecule has 1 saturated heterocycles. The molecule has 1 aliphatic rings. The lowest BCUT2D eigenvalue weighted by Gasteiger charge is -2.32. The standard InChI is InChI=1S/C24H34N4O2/c1-18(29)11-5-3-8-14-20(27-24(30)22-15-9-10-16-28(22)2)23-25-17-21(26-23)19-12-6-4-7-13-19/h4,6-7,12-13,17,20,22H,3,5,8-11,14-16H2,1-2H3,(H,25,26)(H,27,30)/t20-,22?/m0/s1. The summed E-state index contributed by atoms with van der Waals surface area (Å²) < 4.78 is 0.